The molecule has 1 heteroatoms. The van der Waals surface area contributed by atoms with E-state index in [1.165, 1.54) is 47.1 Å². The van der Waals surface area contributed by atoms with Crippen LogP contribution >= 0.6 is 0 Å². The summed E-state index contributed by atoms with van der Waals surface area (Å²) in [5.74, 6) is 0. The first kappa shape index (κ1) is 19.5. The quantitative estimate of drug-likeness (QED) is 0.312. The van der Waals surface area contributed by atoms with Crippen molar-refractivity contribution in [3.8, 4) is 0 Å². The zero-order valence-electron chi connectivity index (χ0n) is 15.8. The molecule has 128 valence electrons. The number of nitrogen functional groups attached to an aromatic ring is 1. The summed E-state index contributed by atoms with van der Waals surface area (Å²) in [6.45, 7) is 11.0. The van der Waals surface area contributed by atoms with Crippen LogP contribution in [0.15, 0.2) is 35.4 Å². The summed E-state index contributed by atoms with van der Waals surface area (Å²) >= 11 is 0. The lowest BCUT2D eigenvalue weighted by Gasteiger charge is -2.12. The van der Waals surface area contributed by atoms with Gasteiger partial charge in [-0.3, -0.25) is 0 Å². The van der Waals surface area contributed by atoms with Gasteiger partial charge < -0.3 is 5.73 Å². The molecular weight excluding hydrogens is 278 g/mol. The van der Waals surface area contributed by atoms with Gasteiger partial charge in [-0.15, -0.1) is 0 Å². The van der Waals surface area contributed by atoms with Gasteiger partial charge in [-0.2, -0.15) is 0 Å². The van der Waals surface area contributed by atoms with E-state index in [2.05, 4.69) is 58.9 Å². The Morgan fingerprint density at radius 2 is 1.83 bits per heavy atom. The molecule has 23 heavy (non-hydrogen) atoms. The lowest BCUT2D eigenvalue weighted by molar-refractivity contribution is 0.717. The Morgan fingerprint density at radius 1 is 1.09 bits per heavy atom. The van der Waals surface area contributed by atoms with Gasteiger partial charge in [-0.05, 0) is 82.6 Å². The molecule has 2 N–H and O–H groups in total. The highest BCUT2D eigenvalue weighted by Crippen LogP contribution is 2.22. The first-order valence-electron chi connectivity index (χ1n) is 9.10. The zero-order chi connectivity index (χ0) is 17.2. The standard InChI is InChI=1S/C22H35N/c1-6-7-8-12-20-15-19(5)21(22(23)16-20)14-13-18(4)11-9-10-17(2)3/h10,13,15-16H,6-9,11-12,14,23H2,1-5H3/b18-13+. The van der Waals surface area contributed by atoms with Gasteiger partial charge in [0, 0.05) is 5.69 Å². The van der Waals surface area contributed by atoms with Crippen LogP contribution in [0.5, 0.6) is 0 Å². The second-order valence-corrected chi connectivity index (χ2v) is 7.01. The fraction of sp³-hybridized carbons (Fsp3) is 0.545. The van der Waals surface area contributed by atoms with E-state index in [0.717, 1.165) is 31.4 Å². The Bertz CT molecular complexity index is 522. The predicted molar refractivity (Wildman–Crippen MR) is 105 cm³/mol. The maximum Gasteiger partial charge on any atom is 0.0355 e. The molecule has 0 heterocycles. The molecule has 1 rings (SSSR count). The van der Waals surface area contributed by atoms with E-state index in [9.17, 15) is 0 Å². The normalized spacial score (nSPS) is 11.6. The number of unbranched alkanes of at least 4 members (excludes halogenated alkanes) is 2. The monoisotopic (exact) mass is 313 g/mol. The third-order valence-corrected chi connectivity index (χ3v) is 4.38. The number of nitrogens with two attached hydrogens (primary N) is 1. The van der Waals surface area contributed by atoms with E-state index in [0.29, 0.717) is 0 Å². The molecule has 0 aliphatic heterocycles. The predicted octanol–water partition coefficient (Wildman–Crippen LogP) is 6.55. The average Bonchev–Trinajstić information content (AvgIpc) is 2.46. The third kappa shape index (κ3) is 7.54. The summed E-state index contributed by atoms with van der Waals surface area (Å²) in [5.41, 5.74) is 14.2. The van der Waals surface area contributed by atoms with Crippen LogP contribution in [0.4, 0.5) is 5.69 Å². The summed E-state index contributed by atoms with van der Waals surface area (Å²) in [4.78, 5) is 0. The summed E-state index contributed by atoms with van der Waals surface area (Å²) in [6, 6.07) is 4.51. The molecule has 0 fully saturated rings. The SMILES string of the molecule is CCCCCc1cc(C)c(C/C=C(\C)CCC=C(C)C)c(N)c1. The summed E-state index contributed by atoms with van der Waals surface area (Å²) in [7, 11) is 0. The highest BCUT2D eigenvalue weighted by Gasteiger charge is 2.05. The van der Waals surface area contributed by atoms with Crippen LogP contribution < -0.4 is 5.73 Å². The van der Waals surface area contributed by atoms with Crippen molar-refractivity contribution in [3.05, 3.63) is 52.1 Å². The first-order valence-corrected chi connectivity index (χ1v) is 9.10. The van der Waals surface area contributed by atoms with Crippen molar-refractivity contribution in [3.63, 3.8) is 0 Å². The molecule has 0 unspecified atom stereocenters. The fourth-order valence-corrected chi connectivity index (χ4v) is 2.89. The van der Waals surface area contributed by atoms with Crippen LogP contribution in [0.1, 0.15) is 76.5 Å². The topological polar surface area (TPSA) is 26.0 Å². The molecule has 0 aliphatic rings. The van der Waals surface area contributed by atoms with Gasteiger partial charge in [-0.25, -0.2) is 0 Å². The summed E-state index contributed by atoms with van der Waals surface area (Å²) < 4.78 is 0. The molecule has 1 aromatic carbocycles. The number of rotatable bonds is 9. The minimum Gasteiger partial charge on any atom is -0.398 e. The van der Waals surface area contributed by atoms with Gasteiger partial charge in [-0.1, -0.05) is 49.1 Å². The number of aryl methyl sites for hydroxylation is 2. The van der Waals surface area contributed by atoms with Gasteiger partial charge in [0.15, 0.2) is 0 Å². The van der Waals surface area contributed by atoms with Crippen LogP contribution in [-0.4, -0.2) is 0 Å². The molecular formula is C22H35N. The maximum absolute atomic E-state index is 6.31. The van der Waals surface area contributed by atoms with Crippen molar-refractivity contribution in [2.45, 2.75) is 79.6 Å². The summed E-state index contributed by atoms with van der Waals surface area (Å²) in [5, 5.41) is 0. The second-order valence-electron chi connectivity index (χ2n) is 7.01. The van der Waals surface area contributed by atoms with Crippen molar-refractivity contribution in [1.82, 2.24) is 0 Å². The van der Waals surface area contributed by atoms with E-state index >= 15 is 0 Å². The molecule has 0 saturated carbocycles. The molecule has 0 aliphatic carbocycles. The third-order valence-electron chi connectivity index (χ3n) is 4.38. The van der Waals surface area contributed by atoms with E-state index in [1.807, 2.05) is 0 Å². The number of anilines is 1. The molecule has 0 amide bonds. The van der Waals surface area contributed by atoms with E-state index in [1.54, 1.807) is 0 Å². The molecule has 0 spiro atoms. The van der Waals surface area contributed by atoms with Crippen molar-refractivity contribution in [1.29, 1.82) is 0 Å². The van der Waals surface area contributed by atoms with Crippen molar-refractivity contribution >= 4 is 5.69 Å². The number of hydrogen-bond donors (Lipinski definition) is 1. The molecule has 1 aromatic rings. The Kier molecular flexibility index (Phi) is 8.76. The molecule has 1 nitrogen and oxygen atoms in total. The highest BCUT2D eigenvalue weighted by atomic mass is 14.6. The minimum absolute atomic E-state index is 0.952. The molecule has 0 saturated heterocycles. The smallest absolute Gasteiger partial charge is 0.0355 e. The fourth-order valence-electron chi connectivity index (χ4n) is 2.89. The number of hydrogen-bond acceptors (Lipinski definition) is 1. The highest BCUT2D eigenvalue weighted by molar-refractivity contribution is 5.54. The second kappa shape index (κ2) is 10.3. The van der Waals surface area contributed by atoms with Crippen LogP contribution in [0.25, 0.3) is 0 Å². The van der Waals surface area contributed by atoms with E-state index in [4.69, 9.17) is 5.73 Å². The van der Waals surface area contributed by atoms with Crippen LogP contribution in [0, 0.1) is 6.92 Å². The Hall–Kier alpha value is -1.50. The number of benzene rings is 1. The Balaban J connectivity index is 2.67. The van der Waals surface area contributed by atoms with Crippen LogP contribution in [0.3, 0.4) is 0 Å². The zero-order valence-corrected chi connectivity index (χ0v) is 15.8. The average molecular weight is 314 g/mol. The molecule has 0 atom stereocenters. The van der Waals surface area contributed by atoms with Gasteiger partial charge in [0.05, 0.1) is 0 Å². The van der Waals surface area contributed by atoms with Crippen molar-refractivity contribution in [2.75, 3.05) is 5.73 Å². The lowest BCUT2D eigenvalue weighted by atomic mass is 9.96. The minimum atomic E-state index is 0.952. The lowest BCUT2D eigenvalue weighted by Crippen LogP contribution is -2.00. The Labute approximate surface area is 143 Å². The van der Waals surface area contributed by atoms with Crippen LogP contribution in [0.2, 0.25) is 0 Å². The van der Waals surface area contributed by atoms with Gasteiger partial charge in [0.25, 0.3) is 0 Å². The van der Waals surface area contributed by atoms with E-state index in [-0.39, 0.29) is 0 Å². The summed E-state index contributed by atoms with van der Waals surface area (Å²) in [6.07, 6.45) is 12.9. The number of allylic oxidation sites excluding steroid dienone is 4. The van der Waals surface area contributed by atoms with E-state index < -0.39 is 0 Å². The van der Waals surface area contributed by atoms with Gasteiger partial charge in [0.1, 0.15) is 0 Å². The van der Waals surface area contributed by atoms with Crippen molar-refractivity contribution in [2.24, 2.45) is 0 Å². The molecule has 0 radical (unpaired) electrons. The van der Waals surface area contributed by atoms with Crippen LogP contribution in [-0.2, 0) is 12.8 Å². The molecule has 0 bridgehead atoms. The van der Waals surface area contributed by atoms with Gasteiger partial charge in [0.2, 0.25) is 0 Å². The molecule has 0 aromatic heterocycles. The largest absolute Gasteiger partial charge is 0.398 e. The van der Waals surface area contributed by atoms with Crippen molar-refractivity contribution < 1.29 is 0 Å². The first-order chi connectivity index (χ1) is 10.9. The van der Waals surface area contributed by atoms with Gasteiger partial charge >= 0.3 is 0 Å². The maximum atomic E-state index is 6.31. The Morgan fingerprint density at radius 3 is 2.43 bits per heavy atom.